The number of aliphatic hydroxyl groups excluding tert-OH is 1. The van der Waals surface area contributed by atoms with Crippen molar-refractivity contribution in [3.8, 4) is 5.75 Å². The summed E-state index contributed by atoms with van der Waals surface area (Å²) in [5, 5.41) is 10.9. The highest BCUT2D eigenvalue weighted by molar-refractivity contribution is 6.30. The maximum atomic E-state index is 12.4. The van der Waals surface area contributed by atoms with Crippen LogP contribution in [0, 0.1) is 5.92 Å². The highest BCUT2D eigenvalue weighted by Crippen LogP contribution is 2.26. The average molecular weight is 305 g/mol. The standard InChI is InChI=1S/C17H17ClO3/c1-11(16(19)12-3-7-14(18)8-4-12)17(20)13-5-9-15(21-2)10-6-13/h3-11,16,19H,1-2H3/t11-,16-/m1/s1. The van der Waals surface area contributed by atoms with E-state index in [0.29, 0.717) is 21.9 Å². The van der Waals surface area contributed by atoms with E-state index in [2.05, 4.69) is 0 Å². The van der Waals surface area contributed by atoms with Crippen molar-refractivity contribution >= 4 is 17.4 Å². The molecule has 4 heteroatoms. The summed E-state index contributed by atoms with van der Waals surface area (Å²) in [6, 6.07) is 13.7. The van der Waals surface area contributed by atoms with Gasteiger partial charge < -0.3 is 9.84 Å². The number of rotatable bonds is 5. The predicted molar refractivity (Wildman–Crippen MR) is 82.9 cm³/mol. The Bertz CT molecular complexity index is 605. The number of methoxy groups -OCH3 is 1. The lowest BCUT2D eigenvalue weighted by Gasteiger charge is -2.18. The minimum Gasteiger partial charge on any atom is -0.497 e. The Morgan fingerprint density at radius 2 is 1.67 bits per heavy atom. The molecule has 1 N–H and O–H groups in total. The number of carbonyl (C=O) groups is 1. The molecule has 0 saturated heterocycles. The quantitative estimate of drug-likeness (QED) is 0.852. The molecule has 2 rings (SSSR count). The van der Waals surface area contributed by atoms with Gasteiger partial charge in [-0.15, -0.1) is 0 Å². The summed E-state index contributed by atoms with van der Waals surface area (Å²) < 4.78 is 5.06. The zero-order valence-electron chi connectivity index (χ0n) is 11.9. The van der Waals surface area contributed by atoms with Gasteiger partial charge in [0, 0.05) is 16.5 Å². The van der Waals surface area contributed by atoms with Crippen LogP contribution >= 0.6 is 11.6 Å². The lowest BCUT2D eigenvalue weighted by atomic mass is 9.90. The number of ether oxygens (including phenoxy) is 1. The van der Waals surface area contributed by atoms with Gasteiger partial charge in [0.1, 0.15) is 5.75 Å². The van der Waals surface area contributed by atoms with Gasteiger partial charge in [0.2, 0.25) is 0 Å². The largest absolute Gasteiger partial charge is 0.497 e. The highest BCUT2D eigenvalue weighted by atomic mass is 35.5. The SMILES string of the molecule is COc1ccc(C(=O)[C@H](C)[C@@H](O)c2ccc(Cl)cc2)cc1. The van der Waals surface area contributed by atoms with Gasteiger partial charge in [-0.3, -0.25) is 4.79 Å². The average Bonchev–Trinajstić information content (AvgIpc) is 2.53. The first kappa shape index (κ1) is 15.5. The molecule has 2 aromatic rings. The number of ketones is 1. The first-order chi connectivity index (χ1) is 10.0. The molecule has 0 radical (unpaired) electrons. The summed E-state index contributed by atoms with van der Waals surface area (Å²) in [5.74, 6) is 0.0390. The van der Waals surface area contributed by atoms with Gasteiger partial charge in [0.05, 0.1) is 13.2 Å². The molecule has 0 amide bonds. The van der Waals surface area contributed by atoms with Crippen LogP contribution in [0.25, 0.3) is 0 Å². The van der Waals surface area contributed by atoms with Gasteiger partial charge in [-0.25, -0.2) is 0 Å². The number of halogens is 1. The van der Waals surface area contributed by atoms with E-state index in [1.54, 1.807) is 62.6 Å². The van der Waals surface area contributed by atoms with Crippen molar-refractivity contribution in [2.75, 3.05) is 7.11 Å². The fraction of sp³-hybridized carbons (Fsp3) is 0.235. The maximum absolute atomic E-state index is 12.4. The van der Waals surface area contributed by atoms with Crippen LogP contribution in [0.1, 0.15) is 28.9 Å². The van der Waals surface area contributed by atoms with Crippen LogP contribution in [-0.2, 0) is 0 Å². The summed E-state index contributed by atoms with van der Waals surface area (Å²) >= 11 is 5.82. The van der Waals surface area contributed by atoms with Gasteiger partial charge in [0.25, 0.3) is 0 Å². The molecule has 21 heavy (non-hydrogen) atoms. The van der Waals surface area contributed by atoms with Crippen molar-refractivity contribution in [1.29, 1.82) is 0 Å². The fourth-order valence-corrected chi connectivity index (χ4v) is 2.24. The van der Waals surface area contributed by atoms with Gasteiger partial charge >= 0.3 is 0 Å². The highest BCUT2D eigenvalue weighted by Gasteiger charge is 2.24. The Morgan fingerprint density at radius 3 is 2.19 bits per heavy atom. The molecule has 0 saturated carbocycles. The fourth-order valence-electron chi connectivity index (χ4n) is 2.11. The number of carbonyl (C=O) groups excluding carboxylic acids is 1. The molecule has 0 fully saturated rings. The Morgan fingerprint density at radius 1 is 1.10 bits per heavy atom. The van der Waals surface area contributed by atoms with Crippen molar-refractivity contribution in [3.63, 3.8) is 0 Å². The van der Waals surface area contributed by atoms with Crippen LogP contribution in [-0.4, -0.2) is 18.0 Å². The van der Waals surface area contributed by atoms with Crippen molar-refractivity contribution in [2.45, 2.75) is 13.0 Å². The molecule has 2 aromatic carbocycles. The minimum atomic E-state index is -0.864. The van der Waals surface area contributed by atoms with E-state index in [9.17, 15) is 9.90 Å². The zero-order chi connectivity index (χ0) is 15.4. The molecule has 0 aromatic heterocycles. The van der Waals surface area contributed by atoms with Crippen LogP contribution in [0.4, 0.5) is 0 Å². The van der Waals surface area contributed by atoms with Crippen LogP contribution < -0.4 is 4.74 Å². The molecule has 0 aliphatic carbocycles. The maximum Gasteiger partial charge on any atom is 0.168 e. The molecule has 0 spiro atoms. The van der Waals surface area contributed by atoms with Crippen LogP contribution in [0.2, 0.25) is 5.02 Å². The van der Waals surface area contributed by atoms with E-state index >= 15 is 0 Å². The second kappa shape index (κ2) is 6.74. The van der Waals surface area contributed by atoms with E-state index in [1.807, 2.05) is 0 Å². The summed E-state index contributed by atoms with van der Waals surface area (Å²) in [4.78, 5) is 12.4. The second-order valence-corrected chi connectivity index (χ2v) is 5.31. The van der Waals surface area contributed by atoms with Crippen LogP contribution in [0.3, 0.4) is 0 Å². The van der Waals surface area contributed by atoms with Gasteiger partial charge in [-0.2, -0.15) is 0 Å². The molecule has 110 valence electrons. The first-order valence-corrected chi connectivity index (χ1v) is 7.02. The molecule has 3 nitrogen and oxygen atoms in total. The van der Waals surface area contributed by atoms with Crippen molar-refractivity contribution in [3.05, 3.63) is 64.7 Å². The van der Waals surface area contributed by atoms with E-state index in [0.717, 1.165) is 0 Å². The normalized spacial score (nSPS) is 13.5. The van der Waals surface area contributed by atoms with Crippen molar-refractivity contribution in [2.24, 2.45) is 5.92 Å². The number of benzene rings is 2. The lowest BCUT2D eigenvalue weighted by Crippen LogP contribution is -2.19. The Labute approximate surface area is 129 Å². The Hall–Kier alpha value is -1.84. The third-order valence-electron chi connectivity index (χ3n) is 3.47. The zero-order valence-corrected chi connectivity index (χ0v) is 12.7. The molecule has 0 heterocycles. The number of hydrogen-bond donors (Lipinski definition) is 1. The molecule has 0 unspecified atom stereocenters. The topological polar surface area (TPSA) is 46.5 Å². The lowest BCUT2D eigenvalue weighted by molar-refractivity contribution is 0.0713. The minimum absolute atomic E-state index is 0.111. The number of aliphatic hydroxyl groups is 1. The molecular formula is C17H17ClO3. The van der Waals surface area contributed by atoms with Crippen LogP contribution in [0.15, 0.2) is 48.5 Å². The van der Waals surface area contributed by atoms with Gasteiger partial charge in [-0.05, 0) is 42.0 Å². The third kappa shape index (κ3) is 3.63. The Kier molecular flexibility index (Phi) is 4.99. The molecule has 0 bridgehead atoms. The molecule has 0 aliphatic rings. The number of hydrogen-bond acceptors (Lipinski definition) is 3. The predicted octanol–water partition coefficient (Wildman–Crippen LogP) is 3.90. The van der Waals surface area contributed by atoms with E-state index in [-0.39, 0.29) is 5.78 Å². The summed E-state index contributed by atoms with van der Waals surface area (Å²) in [5.41, 5.74) is 1.23. The summed E-state index contributed by atoms with van der Waals surface area (Å²) in [6.07, 6.45) is -0.864. The van der Waals surface area contributed by atoms with Crippen molar-refractivity contribution in [1.82, 2.24) is 0 Å². The van der Waals surface area contributed by atoms with Crippen LogP contribution in [0.5, 0.6) is 5.75 Å². The molecule has 2 atom stereocenters. The molecule has 0 aliphatic heterocycles. The Balaban J connectivity index is 2.15. The van der Waals surface area contributed by atoms with Gasteiger partial charge in [-0.1, -0.05) is 30.7 Å². The van der Waals surface area contributed by atoms with E-state index < -0.39 is 12.0 Å². The van der Waals surface area contributed by atoms with Crippen molar-refractivity contribution < 1.29 is 14.6 Å². The van der Waals surface area contributed by atoms with E-state index in [1.165, 1.54) is 0 Å². The number of Topliss-reactive ketones (excluding diaryl/α,β-unsaturated/α-hetero) is 1. The van der Waals surface area contributed by atoms with Gasteiger partial charge in [0.15, 0.2) is 5.78 Å². The third-order valence-corrected chi connectivity index (χ3v) is 3.73. The van der Waals surface area contributed by atoms with E-state index in [4.69, 9.17) is 16.3 Å². The summed E-state index contributed by atoms with van der Waals surface area (Å²) in [7, 11) is 1.57. The monoisotopic (exact) mass is 304 g/mol. The summed E-state index contributed by atoms with van der Waals surface area (Å²) in [6.45, 7) is 1.71. The smallest absolute Gasteiger partial charge is 0.168 e. The molecular weight excluding hydrogens is 288 g/mol. The second-order valence-electron chi connectivity index (χ2n) is 4.88. The first-order valence-electron chi connectivity index (χ1n) is 6.64.